The smallest absolute Gasteiger partial charge is 0.410 e. The van der Waals surface area contributed by atoms with E-state index in [2.05, 4.69) is 24.3 Å². The molecule has 0 aliphatic heterocycles. The summed E-state index contributed by atoms with van der Waals surface area (Å²) in [4.78, 5) is 14.3. The molecule has 3 rings (SSSR count). The van der Waals surface area contributed by atoms with Crippen LogP contribution in [0.2, 0.25) is 5.02 Å². The lowest BCUT2D eigenvalue weighted by atomic mass is 9.93. The fourth-order valence-corrected chi connectivity index (χ4v) is 3.89. The van der Waals surface area contributed by atoms with Crippen molar-refractivity contribution in [2.45, 2.75) is 51.2 Å². The molecule has 0 bridgehead atoms. The summed E-state index contributed by atoms with van der Waals surface area (Å²) in [6.45, 7) is 5.68. The highest BCUT2D eigenvalue weighted by Crippen LogP contribution is 2.44. The van der Waals surface area contributed by atoms with Gasteiger partial charge >= 0.3 is 6.09 Å². The van der Waals surface area contributed by atoms with Gasteiger partial charge in [0.2, 0.25) is 0 Å². The highest BCUT2D eigenvalue weighted by atomic mass is 35.5. The first kappa shape index (κ1) is 18.8. The second-order valence-corrected chi connectivity index (χ2v) is 8.44. The average molecular weight is 372 g/mol. The van der Waals surface area contributed by atoms with E-state index in [0.29, 0.717) is 5.92 Å². The van der Waals surface area contributed by atoms with Crippen molar-refractivity contribution in [3.05, 3.63) is 70.2 Å². The molecule has 0 radical (unpaired) electrons. The first-order valence-corrected chi connectivity index (χ1v) is 9.41. The van der Waals surface area contributed by atoms with Gasteiger partial charge in [0, 0.05) is 12.1 Å². The quantitative estimate of drug-likeness (QED) is 0.664. The Morgan fingerprint density at radius 3 is 2.50 bits per heavy atom. The SMILES string of the molecule is CN(C(=O)OC(C)(C)C)[C@@H]1C[C@@H](Cc2cccc(Cl)c2)c2ccccc21. The molecule has 0 aromatic heterocycles. The summed E-state index contributed by atoms with van der Waals surface area (Å²) < 4.78 is 5.57. The Morgan fingerprint density at radius 2 is 1.85 bits per heavy atom. The predicted octanol–water partition coefficient (Wildman–Crippen LogP) is 5.98. The van der Waals surface area contributed by atoms with Crippen molar-refractivity contribution in [1.29, 1.82) is 0 Å². The second kappa shape index (κ2) is 7.32. The highest BCUT2D eigenvalue weighted by Gasteiger charge is 2.36. The van der Waals surface area contributed by atoms with Gasteiger partial charge in [-0.05, 0) is 68.4 Å². The molecule has 0 heterocycles. The van der Waals surface area contributed by atoms with Gasteiger partial charge in [-0.2, -0.15) is 0 Å². The minimum Gasteiger partial charge on any atom is -0.444 e. The predicted molar refractivity (Wildman–Crippen MR) is 106 cm³/mol. The van der Waals surface area contributed by atoms with Gasteiger partial charge in [0.25, 0.3) is 0 Å². The molecule has 0 unspecified atom stereocenters. The summed E-state index contributed by atoms with van der Waals surface area (Å²) in [5.41, 5.74) is 3.25. The summed E-state index contributed by atoms with van der Waals surface area (Å²) in [5.74, 6) is 0.361. The lowest BCUT2D eigenvalue weighted by molar-refractivity contribution is 0.0217. The van der Waals surface area contributed by atoms with Crippen LogP contribution in [0.15, 0.2) is 48.5 Å². The second-order valence-electron chi connectivity index (χ2n) is 8.00. The van der Waals surface area contributed by atoms with Crippen molar-refractivity contribution < 1.29 is 9.53 Å². The van der Waals surface area contributed by atoms with Gasteiger partial charge in [-0.25, -0.2) is 4.79 Å². The number of benzene rings is 2. The molecule has 138 valence electrons. The standard InChI is InChI=1S/C22H26ClNO2/c1-22(2,3)26-21(25)24(4)20-14-16(18-10-5-6-11-19(18)20)12-15-8-7-9-17(23)13-15/h5-11,13,16,20H,12,14H2,1-4H3/t16-,20-/m1/s1. The molecule has 26 heavy (non-hydrogen) atoms. The van der Waals surface area contributed by atoms with E-state index in [1.165, 1.54) is 16.7 Å². The van der Waals surface area contributed by atoms with Crippen molar-refractivity contribution >= 4 is 17.7 Å². The largest absolute Gasteiger partial charge is 0.444 e. The number of nitrogens with zero attached hydrogens (tertiary/aromatic N) is 1. The molecule has 0 fully saturated rings. The summed E-state index contributed by atoms with van der Waals surface area (Å²) in [6, 6.07) is 16.5. The molecule has 0 saturated carbocycles. The van der Waals surface area contributed by atoms with Gasteiger partial charge in [0.15, 0.2) is 0 Å². The number of carbonyl (C=O) groups excluding carboxylic acids is 1. The highest BCUT2D eigenvalue weighted by molar-refractivity contribution is 6.30. The number of amides is 1. The van der Waals surface area contributed by atoms with Crippen molar-refractivity contribution in [3.8, 4) is 0 Å². The number of hydrogen-bond acceptors (Lipinski definition) is 2. The molecule has 2 aromatic rings. The van der Waals surface area contributed by atoms with Crippen LogP contribution >= 0.6 is 11.6 Å². The van der Waals surface area contributed by atoms with Crippen LogP contribution in [-0.2, 0) is 11.2 Å². The van der Waals surface area contributed by atoms with Gasteiger partial charge in [0.1, 0.15) is 5.60 Å². The van der Waals surface area contributed by atoms with Crippen molar-refractivity contribution in [3.63, 3.8) is 0 Å². The molecule has 2 atom stereocenters. The zero-order valence-corrected chi connectivity index (χ0v) is 16.6. The summed E-state index contributed by atoms with van der Waals surface area (Å²) in [5, 5.41) is 0.760. The zero-order chi connectivity index (χ0) is 18.9. The van der Waals surface area contributed by atoms with E-state index in [1.54, 1.807) is 4.90 Å². The van der Waals surface area contributed by atoms with Gasteiger partial charge in [-0.3, -0.25) is 0 Å². The molecule has 4 heteroatoms. The number of fused-ring (bicyclic) bond motifs is 1. The molecule has 0 spiro atoms. The van der Waals surface area contributed by atoms with Crippen LogP contribution in [-0.4, -0.2) is 23.6 Å². The van der Waals surface area contributed by atoms with E-state index in [9.17, 15) is 4.79 Å². The van der Waals surface area contributed by atoms with Crippen LogP contribution in [0.3, 0.4) is 0 Å². The number of rotatable bonds is 3. The third kappa shape index (κ3) is 4.21. The van der Waals surface area contributed by atoms with E-state index in [-0.39, 0.29) is 12.1 Å². The number of halogens is 1. The van der Waals surface area contributed by atoms with E-state index >= 15 is 0 Å². The third-order valence-corrected chi connectivity index (χ3v) is 5.06. The minimum absolute atomic E-state index is 0.0326. The number of carbonyl (C=O) groups is 1. The molecule has 1 aliphatic rings. The summed E-state index contributed by atoms with van der Waals surface area (Å²) in [6.07, 6.45) is 1.53. The third-order valence-electron chi connectivity index (χ3n) is 4.82. The van der Waals surface area contributed by atoms with E-state index in [1.807, 2.05) is 52.1 Å². The number of hydrogen-bond donors (Lipinski definition) is 0. The average Bonchev–Trinajstić information content (AvgIpc) is 2.91. The van der Waals surface area contributed by atoms with Crippen LogP contribution < -0.4 is 0 Å². The van der Waals surface area contributed by atoms with Crippen LogP contribution in [0, 0.1) is 0 Å². The molecular formula is C22H26ClNO2. The Morgan fingerprint density at radius 1 is 1.15 bits per heavy atom. The van der Waals surface area contributed by atoms with E-state index in [4.69, 9.17) is 16.3 Å². The first-order valence-electron chi connectivity index (χ1n) is 9.03. The molecule has 2 aromatic carbocycles. The van der Waals surface area contributed by atoms with Crippen molar-refractivity contribution in [2.24, 2.45) is 0 Å². The van der Waals surface area contributed by atoms with Crippen LogP contribution in [0.1, 0.15) is 55.8 Å². The fraction of sp³-hybridized carbons (Fsp3) is 0.409. The maximum atomic E-state index is 12.6. The molecule has 3 nitrogen and oxygen atoms in total. The Bertz CT molecular complexity index is 797. The normalized spacial score (nSPS) is 19.1. The summed E-state index contributed by atoms with van der Waals surface area (Å²) in [7, 11) is 1.83. The Balaban J connectivity index is 1.82. The van der Waals surface area contributed by atoms with Gasteiger partial charge < -0.3 is 9.64 Å². The zero-order valence-electron chi connectivity index (χ0n) is 15.8. The molecule has 0 N–H and O–H groups in total. The Labute approximate surface area is 160 Å². The molecular weight excluding hydrogens is 346 g/mol. The molecule has 1 amide bonds. The van der Waals surface area contributed by atoms with Crippen LogP contribution in [0.5, 0.6) is 0 Å². The van der Waals surface area contributed by atoms with Crippen LogP contribution in [0.4, 0.5) is 4.79 Å². The van der Waals surface area contributed by atoms with Gasteiger partial charge in [-0.1, -0.05) is 48.0 Å². The van der Waals surface area contributed by atoms with Crippen LogP contribution in [0.25, 0.3) is 0 Å². The van der Waals surface area contributed by atoms with E-state index in [0.717, 1.165) is 17.9 Å². The monoisotopic (exact) mass is 371 g/mol. The summed E-state index contributed by atoms with van der Waals surface area (Å²) >= 11 is 6.14. The fourth-order valence-electron chi connectivity index (χ4n) is 3.68. The number of ether oxygens (including phenoxy) is 1. The van der Waals surface area contributed by atoms with E-state index < -0.39 is 5.60 Å². The Hall–Kier alpha value is -2.00. The topological polar surface area (TPSA) is 29.5 Å². The lowest BCUT2D eigenvalue weighted by Crippen LogP contribution is -2.36. The molecule has 0 saturated heterocycles. The lowest BCUT2D eigenvalue weighted by Gasteiger charge is -2.29. The molecule has 1 aliphatic carbocycles. The first-order chi connectivity index (χ1) is 12.2. The minimum atomic E-state index is -0.496. The van der Waals surface area contributed by atoms with Gasteiger partial charge in [0.05, 0.1) is 6.04 Å². The van der Waals surface area contributed by atoms with Crippen molar-refractivity contribution in [2.75, 3.05) is 7.05 Å². The maximum absolute atomic E-state index is 12.6. The Kier molecular flexibility index (Phi) is 5.29. The van der Waals surface area contributed by atoms with Gasteiger partial charge in [-0.15, -0.1) is 0 Å². The van der Waals surface area contributed by atoms with Crippen molar-refractivity contribution in [1.82, 2.24) is 4.90 Å². The maximum Gasteiger partial charge on any atom is 0.410 e.